The Hall–Kier alpha value is -0.380. The van der Waals surface area contributed by atoms with Crippen molar-refractivity contribution in [3.05, 3.63) is 22.4 Å². The molecule has 1 aromatic heterocycles. The molecule has 3 rings (SSSR count). The normalized spacial score (nSPS) is 27.1. The third-order valence-electron chi connectivity index (χ3n) is 4.92. The highest BCUT2D eigenvalue weighted by Crippen LogP contribution is 2.29. The number of rotatable bonds is 7. The van der Waals surface area contributed by atoms with Gasteiger partial charge in [0.1, 0.15) is 0 Å². The van der Waals surface area contributed by atoms with E-state index < -0.39 is 0 Å². The molecule has 0 aliphatic heterocycles. The molecule has 0 radical (unpaired) electrons. The minimum Gasteiger partial charge on any atom is -0.312 e. The zero-order chi connectivity index (χ0) is 13.8. The van der Waals surface area contributed by atoms with Crippen LogP contribution in [-0.2, 0) is 6.54 Å². The van der Waals surface area contributed by atoms with Gasteiger partial charge in [0.15, 0.2) is 0 Å². The minimum atomic E-state index is 0.770. The first-order valence-electron chi connectivity index (χ1n) is 8.33. The maximum Gasteiger partial charge on any atom is 0.0331 e. The Labute approximate surface area is 127 Å². The maximum absolute atomic E-state index is 3.83. The SMILES string of the molecule is CC1CCCCC1NCCN(Cc1cccs1)C1CC1. The first-order chi connectivity index (χ1) is 9.83. The molecule has 0 bridgehead atoms. The van der Waals surface area contributed by atoms with Gasteiger partial charge in [0.25, 0.3) is 0 Å². The van der Waals surface area contributed by atoms with E-state index in [2.05, 4.69) is 34.7 Å². The Balaban J connectivity index is 1.43. The molecule has 2 aliphatic carbocycles. The summed E-state index contributed by atoms with van der Waals surface area (Å²) in [7, 11) is 0. The molecule has 2 atom stereocenters. The average Bonchev–Trinajstić information content (AvgIpc) is 3.18. The predicted octanol–water partition coefficient (Wildman–Crippen LogP) is 3.88. The van der Waals surface area contributed by atoms with Crippen LogP contribution >= 0.6 is 11.3 Å². The van der Waals surface area contributed by atoms with Crippen molar-refractivity contribution in [1.82, 2.24) is 10.2 Å². The number of nitrogens with one attached hydrogen (secondary N) is 1. The third kappa shape index (κ3) is 4.06. The molecule has 1 N–H and O–H groups in total. The summed E-state index contributed by atoms with van der Waals surface area (Å²) in [6.45, 7) is 5.95. The van der Waals surface area contributed by atoms with Crippen LogP contribution in [0.1, 0.15) is 50.3 Å². The fourth-order valence-electron chi connectivity index (χ4n) is 3.45. The fraction of sp³-hybridized carbons (Fsp3) is 0.765. The van der Waals surface area contributed by atoms with Crippen molar-refractivity contribution in [1.29, 1.82) is 0 Å². The average molecular weight is 292 g/mol. The molecule has 1 aromatic rings. The second-order valence-corrected chi connectivity index (χ2v) is 7.64. The molecule has 3 heteroatoms. The van der Waals surface area contributed by atoms with Gasteiger partial charge in [0.2, 0.25) is 0 Å². The van der Waals surface area contributed by atoms with E-state index >= 15 is 0 Å². The lowest BCUT2D eigenvalue weighted by Crippen LogP contribution is -2.42. The highest BCUT2D eigenvalue weighted by Gasteiger charge is 2.29. The van der Waals surface area contributed by atoms with Crippen LogP contribution in [0.4, 0.5) is 0 Å². The predicted molar refractivity (Wildman–Crippen MR) is 87.2 cm³/mol. The molecule has 2 saturated carbocycles. The standard InChI is InChI=1S/C17H28N2S/c1-14-5-2-3-7-17(14)18-10-11-19(15-8-9-15)13-16-6-4-12-20-16/h4,6,12,14-15,17-18H,2-3,5,7-11,13H2,1H3. The number of thiophene rings is 1. The molecular formula is C17H28N2S. The molecular weight excluding hydrogens is 264 g/mol. The number of nitrogens with zero attached hydrogens (tertiary/aromatic N) is 1. The Kier molecular flexibility index (Phi) is 5.14. The van der Waals surface area contributed by atoms with Gasteiger partial charge in [-0.3, -0.25) is 4.90 Å². The van der Waals surface area contributed by atoms with Crippen molar-refractivity contribution in [2.75, 3.05) is 13.1 Å². The summed E-state index contributed by atoms with van der Waals surface area (Å²) < 4.78 is 0. The molecule has 20 heavy (non-hydrogen) atoms. The lowest BCUT2D eigenvalue weighted by molar-refractivity contribution is 0.230. The lowest BCUT2D eigenvalue weighted by atomic mass is 9.86. The molecule has 2 fully saturated rings. The second-order valence-electron chi connectivity index (χ2n) is 6.60. The van der Waals surface area contributed by atoms with Gasteiger partial charge in [0.05, 0.1) is 0 Å². The van der Waals surface area contributed by atoms with Crippen LogP contribution in [0.15, 0.2) is 17.5 Å². The highest BCUT2D eigenvalue weighted by atomic mass is 32.1. The summed E-state index contributed by atoms with van der Waals surface area (Å²) in [6.07, 6.45) is 8.47. The second kappa shape index (κ2) is 7.06. The Morgan fingerprint density at radius 1 is 1.25 bits per heavy atom. The van der Waals surface area contributed by atoms with Gasteiger partial charge in [-0.1, -0.05) is 25.8 Å². The van der Waals surface area contributed by atoms with E-state index in [9.17, 15) is 0 Å². The van der Waals surface area contributed by atoms with Crippen molar-refractivity contribution in [2.45, 2.75) is 64.1 Å². The van der Waals surface area contributed by atoms with Gasteiger partial charge in [-0.05, 0) is 43.0 Å². The fourth-order valence-corrected chi connectivity index (χ4v) is 4.18. The van der Waals surface area contributed by atoms with E-state index in [1.54, 1.807) is 0 Å². The van der Waals surface area contributed by atoms with Crippen molar-refractivity contribution in [3.8, 4) is 0 Å². The maximum atomic E-state index is 3.83. The summed E-state index contributed by atoms with van der Waals surface area (Å²) in [6, 6.07) is 6.08. The third-order valence-corrected chi connectivity index (χ3v) is 5.78. The molecule has 2 nitrogen and oxygen atoms in total. The Bertz CT molecular complexity index is 386. The van der Waals surface area contributed by atoms with Gasteiger partial charge >= 0.3 is 0 Å². The molecule has 0 amide bonds. The van der Waals surface area contributed by atoms with Crippen LogP contribution in [0.3, 0.4) is 0 Å². The summed E-state index contributed by atoms with van der Waals surface area (Å²) in [5, 5.41) is 6.02. The summed E-state index contributed by atoms with van der Waals surface area (Å²) >= 11 is 1.90. The molecule has 0 aromatic carbocycles. The molecule has 0 saturated heterocycles. The van der Waals surface area contributed by atoms with Crippen LogP contribution in [0.25, 0.3) is 0 Å². The molecule has 112 valence electrons. The zero-order valence-electron chi connectivity index (χ0n) is 12.7. The van der Waals surface area contributed by atoms with Crippen LogP contribution in [0, 0.1) is 5.92 Å². The van der Waals surface area contributed by atoms with E-state index in [-0.39, 0.29) is 0 Å². The smallest absolute Gasteiger partial charge is 0.0331 e. The summed E-state index contributed by atoms with van der Waals surface area (Å²) in [5.41, 5.74) is 0. The molecule has 2 aliphatic rings. The van der Waals surface area contributed by atoms with E-state index in [1.165, 1.54) is 49.9 Å². The molecule has 0 spiro atoms. The van der Waals surface area contributed by atoms with Gasteiger partial charge in [-0.15, -0.1) is 11.3 Å². The largest absolute Gasteiger partial charge is 0.312 e. The van der Waals surface area contributed by atoms with Gasteiger partial charge in [-0.25, -0.2) is 0 Å². The number of hydrogen-bond donors (Lipinski definition) is 1. The van der Waals surface area contributed by atoms with Crippen molar-refractivity contribution in [2.24, 2.45) is 5.92 Å². The van der Waals surface area contributed by atoms with Crippen molar-refractivity contribution < 1.29 is 0 Å². The first-order valence-corrected chi connectivity index (χ1v) is 9.20. The molecule has 1 heterocycles. The lowest BCUT2D eigenvalue weighted by Gasteiger charge is -2.31. The number of hydrogen-bond acceptors (Lipinski definition) is 3. The van der Waals surface area contributed by atoms with Crippen LogP contribution < -0.4 is 5.32 Å². The van der Waals surface area contributed by atoms with Crippen LogP contribution in [-0.4, -0.2) is 30.1 Å². The van der Waals surface area contributed by atoms with E-state index in [4.69, 9.17) is 0 Å². The van der Waals surface area contributed by atoms with E-state index in [0.29, 0.717) is 0 Å². The van der Waals surface area contributed by atoms with E-state index in [1.807, 2.05) is 11.3 Å². The van der Waals surface area contributed by atoms with Gasteiger partial charge < -0.3 is 5.32 Å². The Morgan fingerprint density at radius 3 is 2.80 bits per heavy atom. The summed E-state index contributed by atoms with van der Waals surface area (Å²) in [5.74, 6) is 0.871. The van der Waals surface area contributed by atoms with Crippen LogP contribution in [0.2, 0.25) is 0 Å². The minimum absolute atomic E-state index is 0.770. The van der Waals surface area contributed by atoms with Crippen molar-refractivity contribution in [3.63, 3.8) is 0 Å². The zero-order valence-corrected chi connectivity index (χ0v) is 13.5. The topological polar surface area (TPSA) is 15.3 Å². The van der Waals surface area contributed by atoms with Gasteiger partial charge in [-0.2, -0.15) is 0 Å². The Morgan fingerprint density at radius 2 is 2.10 bits per heavy atom. The van der Waals surface area contributed by atoms with Crippen LogP contribution in [0.5, 0.6) is 0 Å². The summed E-state index contributed by atoms with van der Waals surface area (Å²) in [4.78, 5) is 4.20. The highest BCUT2D eigenvalue weighted by molar-refractivity contribution is 7.09. The quantitative estimate of drug-likeness (QED) is 0.820. The van der Waals surface area contributed by atoms with Crippen molar-refractivity contribution >= 4 is 11.3 Å². The first kappa shape index (κ1) is 14.6. The monoisotopic (exact) mass is 292 g/mol. The van der Waals surface area contributed by atoms with E-state index in [0.717, 1.165) is 31.1 Å². The molecule has 2 unspecified atom stereocenters. The van der Waals surface area contributed by atoms with Gasteiger partial charge in [0, 0.05) is 36.6 Å².